The molecule has 5 heteroatoms. The molecule has 0 radical (unpaired) electrons. The van der Waals surface area contributed by atoms with Gasteiger partial charge in [0.1, 0.15) is 0 Å². The van der Waals surface area contributed by atoms with Gasteiger partial charge in [-0.05, 0) is 50.6 Å². The molecule has 118 valence electrons. The molecular formula is C18H18N2O2S. The molecule has 0 unspecified atom stereocenters. The number of nitrogens with one attached hydrogen (secondary N) is 1. The van der Waals surface area contributed by atoms with Crippen LogP contribution in [-0.4, -0.2) is 10.5 Å². The third kappa shape index (κ3) is 2.92. The average Bonchev–Trinajstić information content (AvgIpc) is 2.83. The number of hydrogen-bond donors (Lipinski definition) is 1. The van der Waals surface area contributed by atoms with Gasteiger partial charge in [0, 0.05) is 17.8 Å². The highest BCUT2D eigenvalue weighted by atomic mass is 32.1. The number of benzene rings is 2. The molecule has 0 aliphatic heterocycles. The van der Waals surface area contributed by atoms with E-state index in [0.29, 0.717) is 17.8 Å². The quantitative estimate of drug-likeness (QED) is 0.792. The summed E-state index contributed by atoms with van der Waals surface area (Å²) in [4.78, 5) is 24.4. The first kappa shape index (κ1) is 15.5. The maximum absolute atomic E-state index is 12.5. The van der Waals surface area contributed by atoms with Crippen molar-refractivity contribution in [1.82, 2.24) is 4.57 Å². The molecule has 0 bridgehead atoms. The molecule has 1 heterocycles. The molecular weight excluding hydrogens is 308 g/mol. The lowest BCUT2D eigenvalue weighted by atomic mass is 10.1. The third-order valence-corrected chi connectivity index (χ3v) is 4.82. The van der Waals surface area contributed by atoms with Crippen molar-refractivity contribution in [2.45, 2.75) is 27.3 Å². The number of carbonyl (C=O) groups is 1. The van der Waals surface area contributed by atoms with E-state index in [0.717, 1.165) is 21.3 Å². The summed E-state index contributed by atoms with van der Waals surface area (Å²) >= 11 is 1.20. The Balaban J connectivity index is 1.94. The van der Waals surface area contributed by atoms with Gasteiger partial charge in [-0.3, -0.25) is 14.2 Å². The van der Waals surface area contributed by atoms with Crippen LogP contribution in [0.3, 0.4) is 0 Å². The van der Waals surface area contributed by atoms with Crippen LogP contribution in [0.1, 0.15) is 28.4 Å². The summed E-state index contributed by atoms with van der Waals surface area (Å²) in [6.07, 6.45) is 0. The maximum atomic E-state index is 12.5. The van der Waals surface area contributed by atoms with E-state index in [9.17, 15) is 9.59 Å². The Morgan fingerprint density at radius 2 is 1.96 bits per heavy atom. The molecule has 3 aromatic rings. The van der Waals surface area contributed by atoms with E-state index in [1.807, 2.05) is 57.2 Å². The lowest BCUT2D eigenvalue weighted by molar-refractivity contribution is 0.102. The SMILES string of the molecule is CCn1c(=O)sc2cc(NC(=O)c3cc(C)ccc3C)ccc21. The molecule has 3 rings (SSSR count). The van der Waals surface area contributed by atoms with Gasteiger partial charge in [-0.1, -0.05) is 29.0 Å². The molecule has 0 spiro atoms. The fourth-order valence-electron chi connectivity index (χ4n) is 2.62. The van der Waals surface area contributed by atoms with E-state index in [-0.39, 0.29) is 10.8 Å². The van der Waals surface area contributed by atoms with E-state index in [1.165, 1.54) is 11.3 Å². The molecule has 1 amide bonds. The second-order valence-corrected chi connectivity index (χ2v) is 6.56. The highest BCUT2D eigenvalue weighted by Crippen LogP contribution is 2.22. The van der Waals surface area contributed by atoms with Gasteiger partial charge in [-0.15, -0.1) is 0 Å². The number of nitrogens with zero attached hydrogens (tertiary/aromatic N) is 1. The van der Waals surface area contributed by atoms with E-state index in [2.05, 4.69) is 5.32 Å². The maximum Gasteiger partial charge on any atom is 0.308 e. The third-order valence-electron chi connectivity index (χ3n) is 3.88. The summed E-state index contributed by atoms with van der Waals surface area (Å²) in [6.45, 7) is 6.48. The molecule has 0 saturated heterocycles. The number of rotatable bonds is 3. The van der Waals surface area contributed by atoms with Gasteiger partial charge in [-0.2, -0.15) is 0 Å². The van der Waals surface area contributed by atoms with Gasteiger partial charge >= 0.3 is 4.87 Å². The molecule has 1 N–H and O–H groups in total. The van der Waals surface area contributed by atoms with Crippen molar-refractivity contribution in [1.29, 1.82) is 0 Å². The van der Waals surface area contributed by atoms with Gasteiger partial charge in [0.05, 0.1) is 10.2 Å². The molecule has 2 aromatic carbocycles. The first-order valence-electron chi connectivity index (χ1n) is 7.51. The first-order chi connectivity index (χ1) is 11.0. The van der Waals surface area contributed by atoms with Gasteiger partial charge in [0.2, 0.25) is 0 Å². The van der Waals surface area contributed by atoms with Gasteiger partial charge in [-0.25, -0.2) is 0 Å². The number of carbonyl (C=O) groups excluding carboxylic acids is 1. The fraction of sp³-hybridized carbons (Fsp3) is 0.222. The van der Waals surface area contributed by atoms with Crippen molar-refractivity contribution in [2.75, 3.05) is 5.32 Å². The summed E-state index contributed by atoms with van der Waals surface area (Å²) in [5.74, 6) is -0.132. The monoisotopic (exact) mass is 326 g/mol. The minimum Gasteiger partial charge on any atom is -0.322 e. The Morgan fingerprint density at radius 3 is 2.70 bits per heavy atom. The average molecular weight is 326 g/mol. The summed E-state index contributed by atoms with van der Waals surface area (Å²) in [5.41, 5.74) is 4.27. The summed E-state index contributed by atoms with van der Waals surface area (Å²) in [6, 6.07) is 11.4. The van der Waals surface area contributed by atoms with Crippen LogP contribution in [0.5, 0.6) is 0 Å². The van der Waals surface area contributed by atoms with Crippen molar-refractivity contribution in [3.05, 3.63) is 62.8 Å². The summed E-state index contributed by atoms with van der Waals surface area (Å²) in [5, 5.41) is 2.92. The van der Waals surface area contributed by atoms with Crippen LogP contribution in [0, 0.1) is 13.8 Å². The Hall–Kier alpha value is -2.40. The van der Waals surface area contributed by atoms with E-state index in [1.54, 1.807) is 4.57 Å². The molecule has 0 saturated carbocycles. The van der Waals surface area contributed by atoms with Crippen LogP contribution >= 0.6 is 11.3 Å². The van der Waals surface area contributed by atoms with Crippen LogP contribution in [0.25, 0.3) is 10.2 Å². The van der Waals surface area contributed by atoms with Gasteiger partial charge < -0.3 is 5.32 Å². The Morgan fingerprint density at radius 1 is 1.17 bits per heavy atom. The van der Waals surface area contributed by atoms with Crippen molar-refractivity contribution >= 4 is 33.1 Å². The fourth-order valence-corrected chi connectivity index (χ4v) is 3.62. The van der Waals surface area contributed by atoms with Crippen LogP contribution in [0.2, 0.25) is 0 Å². The van der Waals surface area contributed by atoms with Crippen LogP contribution < -0.4 is 10.2 Å². The normalized spacial score (nSPS) is 10.9. The molecule has 0 atom stereocenters. The number of aryl methyl sites for hydroxylation is 3. The molecule has 0 aliphatic carbocycles. The predicted octanol–water partition coefficient (Wildman–Crippen LogP) is 3.95. The van der Waals surface area contributed by atoms with Crippen molar-refractivity contribution in [3.8, 4) is 0 Å². The molecule has 1 aromatic heterocycles. The van der Waals surface area contributed by atoms with Crippen LogP contribution in [0.4, 0.5) is 5.69 Å². The van der Waals surface area contributed by atoms with E-state index >= 15 is 0 Å². The summed E-state index contributed by atoms with van der Waals surface area (Å²) in [7, 11) is 0. The highest BCUT2D eigenvalue weighted by molar-refractivity contribution is 7.16. The number of anilines is 1. The molecule has 0 aliphatic rings. The zero-order valence-electron chi connectivity index (χ0n) is 13.3. The predicted molar refractivity (Wildman–Crippen MR) is 95.6 cm³/mol. The Labute approximate surface area is 138 Å². The van der Waals surface area contributed by atoms with Crippen molar-refractivity contribution in [2.24, 2.45) is 0 Å². The van der Waals surface area contributed by atoms with E-state index < -0.39 is 0 Å². The summed E-state index contributed by atoms with van der Waals surface area (Å²) < 4.78 is 2.62. The van der Waals surface area contributed by atoms with Gasteiger partial charge in [0.15, 0.2) is 0 Å². The Bertz CT molecular complexity index is 953. The smallest absolute Gasteiger partial charge is 0.308 e. The largest absolute Gasteiger partial charge is 0.322 e. The number of thiazole rings is 1. The van der Waals surface area contributed by atoms with Crippen LogP contribution in [-0.2, 0) is 6.54 Å². The standard InChI is InChI=1S/C18H18N2O2S/c1-4-20-15-8-7-13(10-16(15)23-18(20)22)19-17(21)14-9-11(2)5-6-12(14)3/h5-10H,4H2,1-3H3,(H,19,21). The highest BCUT2D eigenvalue weighted by Gasteiger charge is 2.11. The van der Waals surface area contributed by atoms with Crippen molar-refractivity contribution < 1.29 is 4.79 Å². The second-order valence-electron chi connectivity index (χ2n) is 5.57. The van der Waals surface area contributed by atoms with E-state index in [4.69, 9.17) is 0 Å². The first-order valence-corrected chi connectivity index (χ1v) is 8.33. The molecule has 23 heavy (non-hydrogen) atoms. The molecule has 4 nitrogen and oxygen atoms in total. The number of amides is 1. The van der Waals surface area contributed by atoms with Gasteiger partial charge in [0.25, 0.3) is 5.91 Å². The topological polar surface area (TPSA) is 51.1 Å². The second kappa shape index (κ2) is 6.01. The van der Waals surface area contributed by atoms with Crippen LogP contribution in [0.15, 0.2) is 41.2 Å². The number of aromatic nitrogens is 1. The number of fused-ring (bicyclic) bond motifs is 1. The Kier molecular flexibility index (Phi) is 4.05. The lowest BCUT2D eigenvalue weighted by Gasteiger charge is -2.09. The molecule has 0 fully saturated rings. The zero-order valence-corrected chi connectivity index (χ0v) is 14.2. The minimum absolute atomic E-state index is 0.0282. The van der Waals surface area contributed by atoms with Crippen molar-refractivity contribution in [3.63, 3.8) is 0 Å². The minimum atomic E-state index is -0.132. The zero-order chi connectivity index (χ0) is 16.6. The lowest BCUT2D eigenvalue weighted by Crippen LogP contribution is -2.13. The number of hydrogen-bond acceptors (Lipinski definition) is 3.